The van der Waals surface area contributed by atoms with Crippen LogP contribution in [-0.4, -0.2) is 6.08 Å². The van der Waals surface area contributed by atoms with Crippen LogP contribution in [0.2, 0.25) is 0 Å². The van der Waals surface area contributed by atoms with Gasteiger partial charge in [-0.25, -0.2) is 4.79 Å². The topological polar surface area (TPSA) is 71.7 Å². The number of ether oxygens (including phenoxy) is 2. The summed E-state index contributed by atoms with van der Waals surface area (Å²) in [6.07, 6.45) is 3.39. The molecule has 0 fully saturated rings. The Bertz CT molecular complexity index is 2020. The summed E-state index contributed by atoms with van der Waals surface area (Å²) in [5.41, 5.74) is 6.07. The van der Waals surface area contributed by atoms with Crippen LogP contribution >= 0.6 is 0 Å². The second-order valence-corrected chi connectivity index (χ2v) is 9.66. The van der Waals surface area contributed by atoms with E-state index in [4.69, 9.17) is 14.7 Å². The summed E-state index contributed by atoms with van der Waals surface area (Å²) >= 11 is 0. The summed E-state index contributed by atoms with van der Waals surface area (Å²) in [5, 5.41) is 13.0. The predicted octanol–water partition coefficient (Wildman–Crippen LogP) is 9.80. The lowest BCUT2D eigenvalue weighted by Gasteiger charge is -2.31. The number of rotatable bonds is 4. The molecule has 1 aliphatic heterocycles. The molecule has 0 aromatic heterocycles. The Kier molecular flexibility index (Phi) is 7.22. The van der Waals surface area contributed by atoms with E-state index in [-0.39, 0.29) is 5.92 Å². The van der Waals surface area contributed by atoms with Crippen molar-refractivity contribution in [3.63, 3.8) is 0 Å². The molecule has 202 valence electrons. The van der Waals surface area contributed by atoms with Crippen molar-refractivity contribution < 1.29 is 14.3 Å². The summed E-state index contributed by atoms with van der Waals surface area (Å²) in [7, 11) is 0. The van der Waals surface area contributed by atoms with Crippen molar-refractivity contribution in [2.45, 2.75) is 19.8 Å². The van der Waals surface area contributed by atoms with Gasteiger partial charge in [-0.2, -0.15) is 4.99 Å². The second-order valence-electron chi connectivity index (χ2n) is 9.66. The summed E-state index contributed by atoms with van der Waals surface area (Å²) in [6, 6.07) is 38.3. The number of benzene rings is 6. The zero-order chi connectivity index (χ0) is 29.1. The highest BCUT2D eigenvalue weighted by Gasteiger charge is 2.32. The first-order chi connectivity index (χ1) is 20.7. The molecule has 0 radical (unpaired) electrons. The van der Waals surface area contributed by atoms with E-state index in [2.05, 4.69) is 41.4 Å². The molecule has 6 aromatic rings. The Morgan fingerprint density at radius 2 is 1.33 bits per heavy atom. The van der Waals surface area contributed by atoms with Gasteiger partial charge >= 0.3 is 0 Å². The van der Waals surface area contributed by atoms with Gasteiger partial charge in [0.15, 0.2) is 0 Å². The summed E-state index contributed by atoms with van der Waals surface area (Å²) in [6.45, 7) is 4.00. The lowest BCUT2D eigenvalue weighted by molar-refractivity contribution is 0.456. The monoisotopic (exact) mass is 546 g/mol. The van der Waals surface area contributed by atoms with Crippen LogP contribution in [-0.2, 0) is 4.79 Å². The fourth-order valence-electron chi connectivity index (χ4n) is 5.74. The van der Waals surface area contributed by atoms with Crippen molar-refractivity contribution in [1.29, 1.82) is 5.26 Å². The van der Waals surface area contributed by atoms with Crippen molar-refractivity contribution >= 4 is 33.3 Å². The molecule has 0 saturated heterocycles. The third kappa shape index (κ3) is 4.67. The van der Waals surface area contributed by atoms with Gasteiger partial charge in [0.1, 0.15) is 17.2 Å². The standard InChI is InChI=1S/C35H20N2O3.C2H6/c36-20-39-28-13-15-30-26(19-28)11-17-32-35(30)33(24-8-6-23(7-9-24)22-4-2-1-3-5-22)34-29-14-12-27(37-21-38)18-25(29)10-16-31(34)40-32;1-2/h1-19,33H;1-2H3. The maximum absolute atomic E-state index is 10.9. The molecule has 5 heteroatoms. The van der Waals surface area contributed by atoms with E-state index in [9.17, 15) is 4.79 Å². The third-order valence-corrected chi connectivity index (χ3v) is 7.48. The molecule has 1 heterocycles. The van der Waals surface area contributed by atoms with Gasteiger partial charge in [-0.1, -0.05) is 92.7 Å². The molecule has 42 heavy (non-hydrogen) atoms. The number of isocyanates is 1. The number of hydrogen-bond acceptors (Lipinski definition) is 5. The summed E-state index contributed by atoms with van der Waals surface area (Å²) < 4.78 is 11.6. The average Bonchev–Trinajstić information content (AvgIpc) is 3.05. The van der Waals surface area contributed by atoms with Crippen molar-refractivity contribution in [1.82, 2.24) is 0 Å². The van der Waals surface area contributed by atoms with Gasteiger partial charge in [-0.15, -0.1) is 5.26 Å². The lowest BCUT2D eigenvalue weighted by atomic mass is 9.78. The van der Waals surface area contributed by atoms with Crippen LogP contribution in [0.4, 0.5) is 5.69 Å². The van der Waals surface area contributed by atoms with Crippen molar-refractivity contribution in [2.24, 2.45) is 4.99 Å². The Morgan fingerprint density at radius 1 is 0.714 bits per heavy atom. The predicted molar refractivity (Wildman–Crippen MR) is 166 cm³/mol. The molecule has 0 saturated carbocycles. The number of nitriles is 1. The van der Waals surface area contributed by atoms with E-state index in [1.165, 1.54) is 0 Å². The van der Waals surface area contributed by atoms with Crippen LogP contribution in [0.5, 0.6) is 17.2 Å². The highest BCUT2D eigenvalue weighted by atomic mass is 16.5. The Morgan fingerprint density at radius 3 is 1.98 bits per heavy atom. The van der Waals surface area contributed by atoms with Gasteiger partial charge in [0.05, 0.1) is 5.69 Å². The molecule has 7 rings (SSSR count). The zero-order valence-electron chi connectivity index (χ0n) is 23.2. The average molecular weight is 547 g/mol. The molecule has 1 aliphatic rings. The summed E-state index contributed by atoms with van der Waals surface area (Å²) in [5.74, 6) is 1.92. The minimum absolute atomic E-state index is 0.140. The van der Waals surface area contributed by atoms with E-state index in [0.717, 1.165) is 60.9 Å². The molecule has 0 amide bonds. The minimum Gasteiger partial charge on any atom is -0.457 e. The van der Waals surface area contributed by atoms with Crippen LogP contribution in [0.15, 0.2) is 120 Å². The first-order valence-electron chi connectivity index (χ1n) is 13.8. The number of nitrogens with zero attached hydrogens (tertiary/aromatic N) is 2. The Hall–Kier alpha value is -5.69. The molecular weight excluding hydrogens is 520 g/mol. The molecular formula is C37H26N2O3. The number of carbonyl (C=O) groups excluding carboxylic acids is 1. The summed E-state index contributed by atoms with van der Waals surface area (Å²) in [4.78, 5) is 14.7. The van der Waals surface area contributed by atoms with Crippen LogP contribution in [0, 0.1) is 11.5 Å². The Balaban J connectivity index is 0.00000155. The lowest BCUT2D eigenvalue weighted by Crippen LogP contribution is -2.13. The molecule has 0 aliphatic carbocycles. The van der Waals surface area contributed by atoms with Crippen LogP contribution < -0.4 is 9.47 Å². The number of aliphatic imine (C=N–C) groups is 1. The normalized spacial score (nSPS) is 12.9. The largest absolute Gasteiger partial charge is 0.457 e. The third-order valence-electron chi connectivity index (χ3n) is 7.48. The van der Waals surface area contributed by atoms with Gasteiger partial charge in [-0.05, 0) is 74.6 Å². The number of fused-ring (bicyclic) bond motifs is 6. The van der Waals surface area contributed by atoms with E-state index in [1.54, 1.807) is 12.3 Å². The first-order valence-corrected chi connectivity index (χ1v) is 13.8. The maximum Gasteiger partial charge on any atom is 0.292 e. The maximum atomic E-state index is 10.9. The molecule has 1 unspecified atom stereocenters. The second kappa shape index (κ2) is 11.4. The van der Waals surface area contributed by atoms with Gasteiger partial charge in [0.25, 0.3) is 6.26 Å². The minimum atomic E-state index is -0.140. The highest BCUT2D eigenvalue weighted by Crippen LogP contribution is 2.52. The van der Waals surface area contributed by atoms with Gasteiger partial charge in [0, 0.05) is 17.0 Å². The highest BCUT2D eigenvalue weighted by molar-refractivity contribution is 5.96. The SMILES string of the molecule is CC.N#COc1ccc2c3c(ccc2c1)Oc1ccc2cc(N=C=O)ccc2c1C3c1ccc(-c2ccccc2)cc1. The van der Waals surface area contributed by atoms with Crippen molar-refractivity contribution in [2.75, 3.05) is 0 Å². The quantitative estimate of drug-likeness (QED) is 0.125. The van der Waals surface area contributed by atoms with Crippen LogP contribution in [0.1, 0.15) is 36.5 Å². The van der Waals surface area contributed by atoms with E-state index in [0.29, 0.717) is 11.4 Å². The fraction of sp³-hybridized carbons (Fsp3) is 0.0811. The van der Waals surface area contributed by atoms with Gasteiger partial charge < -0.3 is 9.47 Å². The number of hydrogen-bond donors (Lipinski definition) is 0. The van der Waals surface area contributed by atoms with E-state index >= 15 is 0 Å². The van der Waals surface area contributed by atoms with Crippen LogP contribution in [0.25, 0.3) is 32.7 Å². The van der Waals surface area contributed by atoms with E-state index < -0.39 is 0 Å². The molecule has 5 nitrogen and oxygen atoms in total. The first kappa shape index (κ1) is 26.5. The van der Waals surface area contributed by atoms with Crippen molar-refractivity contribution in [3.8, 4) is 34.6 Å². The molecule has 0 spiro atoms. The molecule has 1 atom stereocenters. The van der Waals surface area contributed by atoms with E-state index in [1.807, 2.05) is 92.7 Å². The molecule has 0 N–H and O–H groups in total. The van der Waals surface area contributed by atoms with Crippen molar-refractivity contribution in [3.05, 3.63) is 132 Å². The molecule has 0 bridgehead atoms. The smallest absolute Gasteiger partial charge is 0.292 e. The zero-order valence-corrected chi connectivity index (χ0v) is 23.2. The van der Waals surface area contributed by atoms with Gasteiger partial charge in [-0.3, -0.25) is 0 Å². The molecule has 6 aromatic carbocycles. The van der Waals surface area contributed by atoms with Gasteiger partial charge in [0.2, 0.25) is 6.08 Å². The fourth-order valence-corrected chi connectivity index (χ4v) is 5.74. The van der Waals surface area contributed by atoms with Crippen LogP contribution in [0.3, 0.4) is 0 Å². The Labute approximate surface area is 243 Å².